The predicted octanol–water partition coefficient (Wildman–Crippen LogP) is 4.75. The normalized spacial score (nSPS) is 17.0. The van der Waals surface area contributed by atoms with Crippen LogP contribution >= 0.6 is 0 Å². The number of amides is 1. The molecule has 182 valence electrons. The number of carbonyl (C=O) groups is 1. The van der Waals surface area contributed by atoms with Gasteiger partial charge in [-0.15, -0.1) is 0 Å². The summed E-state index contributed by atoms with van der Waals surface area (Å²) in [7, 11) is -1.17. The zero-order valence-electron chi connectivity index (χ0n) is 20.2. The number of hydrogen-bond acceptors (Lipinski definition) is 6. The van der Waals surface area contributed by atoms with Crippen molar-refractivity contribution in [2.75, 3.05) is 25.0 Å². The molecule has 0 aliphatic carbocycles. The average molecular weight is 483 g/mol. The quantitative estimate of drug-likeness (QED) is 0.352. The molecule has 1 unspecified atom stereocenters. The van der Waals surface area contributed by atoms with Crippen molar-refractivity contribution in [2.45, 2.75) is 57.7 Å². The molecule has 1 fully saturated rings. The summed E-state index contributed by atoms with van der Waals surface area (Å²) in [6, 6.07) is 3.09. The number of nitrogens with zero attached hydrogens (tertiary/aromatic N) is 5. The summed E-state index contributed by atoms with van der Waals surface area (Å²) in [5.41, 5.74) is 3.63. The molecule has 10 heteroatoms. The molecule has 0 radical (unpaired) electrons. The summed E-state index contributed by atoms with van der Waals surface area (Å²) < 4.78 is 8.07. The predicted molar refractivity (Wildman–Crippen MR) is 136 cm³/mol. The molecular weight excluding hydrogens is 448 g/mol. The number of nitrogens with one attached hydrogen (secondary N) is 1. The summed E-state index contributed by atoms with van der Waals surface area (Å²) in [6.45, 7) is 9.21. The molecule has 0 spiro atoms. The van der Waals surface area contributed by atoms with Crippen molar-refractivity contribution >= 4 is 30.9 Å². The molecule has 0 aromatic carbocycles. The van der Waals surface area contributed by atoms with Crippen LogP contribution in [-0.2, 0) is 11.5 Å². The van der Waals surface area contributed by atoms with Gasteiger partial charge in [0.2, 0.25) is 0 Å². The van der Waals surface area contributed by atoms with E-state index in [1.54, 1.807) is 18.6 Å². The van der Waals surface area contributed by atoms with Crippen LogP contribution in [0.25, 0.3) is 22.2 Å². The summed E-state index contributed by atoms with van der Waals surface area (Å²) in [6.07, 6.45) is 10.9. The number of ether oxygens (including phenoxy) is 1. The van der Waals surface area contributed by atoms with Gasteiger partial charge in [0, 0.05) is 75.4 Å². The monoisotopic (exact) mass is 482 g/mol. The molecule has 1 atom stereocenters. The maximum atomic E-state index is 11.6. The number of likely N-dealkylation sites (tertiary alicyclic amines) is 1. The Bertz CT molecular complexity index is 1120. The van der Waals surface area contributed by atoms with E-state index >= 15 is 0 Å². The molecular formula is C24H34N6O3Si. The first-order valence-electron chi connectivity index (χ1n) is 11.9. The first kappa shape index (κ1) is 24.2. The molecule has 4 heterocycles. The molecule has 0 bridgehead atoms. The van der Waals surface area contributed by atoms with Crippen molar-refractivity contribution in [3.8, 4) is 11.1 Å². The number of rotatable bonds is 8. The van der Waals surface area contributed by atoms with Gasteiger partial charge in [-0.3, -0.25) is 0 Å². The van der Waals surface area contributed by atoms with E-state index in [1.807, 2.05) is 16.8 Å². The largest absolute Gasteiger partial charge is 0.465 e. The van der Waals surface area contributed by atoms with E-state index in [4.69, 9.17) is 4.74 Å². The molecule has 34 heavy (non-hydrogen) atoms. The van der Waals surface area contributed by atoms with E-state index in [1.165, 1.54) is 11.2 Å². The van der Waals surface area contributed by atoms with Crippen molar-refractivity contribution in [3.05, 3.63) is 37.2 Å². The maximum Gasteiger partial charge on any atom is 0.407 e. The Morgan fingerprint density at radius 1 is 1.26 bits per heavy atom. The lowest BCUT2D eigenvalue weighted by atomic mass is 10.1. The lowest BCUT2D eigenvalue weighted by Crippen LogP contribution is -2.38. The van der Waals surface area contributed by atoms with Crippen molar-refractivity contribution in [1.29, 1.82) is 0 Å². The molecule has 9 nitrogen and oxygen atoms in total. The van der Waals surface area contributed by atoms with Crippen LogP contribution in [0, 0.1) is 0 Å². The van der Waals surface area contributed by atoms with Gasteiger partial charge < -0.3 is 24.6 Å². The Kier molecular flexibility index (Phi) is 7.47. The highest BCUT2D eigenvalue weighted by atomic mass is 28.3. The fourth-order valence-corrected chi connectivity index (χ4v) is 5.04. The minimum absolute atomic E-state index is 0.0282. The van der Waals surface area contributed by atoms with Gasteiger partial charge in [0.05, 0.1) is 5.39 Å². The third-order valence-electron chi connectivity index (χ3n) is 6.16. The molecule has 0 saturated carbocycles. The third-order valence-corrected chi connectivity index (χ3v) is 7.86. The molecule has 3 aromatic rings. The van der Waals surface area contributed by atoms with Gasteiger partial charge in [-0.05, 0) is 31.4 Å². The van der Waals surface area contributed by atoms with Gasteiger partial charge in [0.15, 0.2) is 0 Å². The van der Waals surface area contributed by atoms with Crippen LogP contribution in [0.3, 0.4) is 0 Å². The van der Waals surface area contributed by atoms with Gasteiger partial charge >= 0.3 is 6.09 Å². The molecule has 1 aliphatic rings. The second-order valence-electron chi connectivity index (χ2n) is 10.1. The van der Waals surface area contributed by atoms with Gasteiger partial charge in [-0.25, -0.2) is 19.7 Å². The Hall–Kier alpha value is -2.98. The second-order valence-corrected chi connectivity index (χ2v) is 15.7. The van der Waals surface area contributed by atoms with Crippen molar-refractivity contribution in [2.24, 2.45) is 0 Å². The highest BCUT2D eigenvalue weighted by Crippen LogP contribution is 2.35. The highest BCUT2D eigenvalue weighted by Gasteiger charge is 2.23. The smallest absolute Gasteiger partial charge is 0.407 e. The van der Waals surface area contributed by atoms with E-state index in [0.717, 1.165) is 59.8 Å². The van der Waals surface area contributed by atoms with Gasteiger partial charge in [-0.1, -0.05) is 19.6 Å². The fourth-order valence-electron chi connectivity index (χ4n) is 4.29. The highest BCUT2D eigenvalue weighted by molar-refractivity contribution is 6.76. The van der Waals surface area contributed by atoms with Crippen LogP contribution in [0.5, 0.6) is 0 Å². The number of fused-ring (bicyclic) bond motifs is 1. The number of aromatic nitrogens is 4. The van der Waals surface area contributed by atoms with Gasteiger partial charge in [-0.2, -0.15) is 0 Å². The first-order valence-corrected chi connectivity index (χ1v) is 15.6. The van der Waals surface area contributed by atoms with Crippen LogP contribution < -0.4 is 5.32 Å². The third kappa shape index (κ3) is 5.92. The second kappa shape index (κ2) is 10.5. The Morgan fingerprint density at radius 3 is 2.79 bits per heavy atom. The zero-order chi connectivity index (χ0) is 24.1. The molecule has 3 aromatic heterocycles. The van der Waals surface area contributed by atoms with Crippen molar-refractivity contribution < 1.29 is 14.6 Å². The summed E-state index contributed by atoms with van der Waals surface area (Å²) in [5, 5.41) is 14.1. The minimum atomic E-state index is -1.17. The van der Waals surface area contributed by atoms with E-state index in [9.17, 15) is 9.90 Å². The van der Waals surface area contributed by atoms with E-state index in [0.29, 0.717) is 19.8 Å². The van der Waals surface area contributed by atoms with Crippen LogP contribution in [0.15, 0.2) is 37.2 Å². The van der Waals surface area contributed by atoms with Gasteiger partial charge in [0.1, 0.15) is 18.7 Å². The Morgan fingerprint density at radius 2 is 2.06 bits per heavy atom. The summed E-state index contributed by atoms with van der Waals surface area (Å²) in [5.74, 6) is 0. The average Bonchev–Trinajstić information content (AvgIpc) is 3.01. The van der Waals surface area contributed by atoms with E-state index in [-0.39, 0.29) is 6.04 Å². The van der Waals surface area contributed by atoms with E-state index < -0.39 is 14.2 Å². The molecule has 2 N–H and O–H groups in total. The SMILES string of the molecule is C[Si](C)(C)CCOCn1cc(-c2cncnc2)c2c(NC3CCCCN(C(=O)O)C3)ccnc21. The summed E-state index contributed by atoms with van der Waals surface area (Å²) in [4.78, 5) is 26.2. The number of anilines is 1. The molecule has 1 aliphatic heterocycles. The molecule has 1 amide bonds. The van der Waals surface area contributed by atoms with Crippen LogP contribution in [0.2, 0.25) is 25.7 Å². The number of hydrogen-bond donors (Lipinski definition) is 2. The van der Waals surface area contributed by atoms with Crippen molar-refractivity contribution in [3.63, 3.8) is 0 Å². The first-order chi connectivity index (χ1) is 16.3. The molecule has 1 saturated heterocycles. The Labute approximate surface area is 201 Å². The lowest BCUT2D eigenvalue weighted by molar-refractivity contribution is 0.0899. The van der Waals surface area contributed by atoms with Crippen LogP contribution in [0.1, 0.15) is 19.3 Å². The lowest BCUT2D eigenvalue weighted by Gasteiger charge is -2.24. The zero-order valence-corrected chi connectivity index (χ0v) is 21.2. The topological polar surface area (TPSA) is 105 Å². The van der Waals surface area contributed by atoms with Gasteiger partial charge in [0.25, 0.3) is 0 Å². The molecule has 4 rings (SSSR count). The van der Waals surface area contributed by atoms with Crippen molar-refractivity contribution in [1.82, 2.24) is 24.4 Å². The van der Waals surface area contributed by atoms with E-state index in [2.05, 4.69) is 39.9 Å². The van der Waals surface area contributed by atoms with Crippen LogP contribution in [0.4, 0.5) is 10.5 Å². The number of carboxylic acid groups (broad SMARTS) is 1. The van der Waals surface area contributed by atoms with Crippen LogP contribution in [-0.4, -0.2) is 69.4 Å². The summed E-state index contributed by atoms with van der Waals surface area (Å²) >= 11 is 0. The Balaban J connectivity index is 1.66. The maximum absolute atomic E-state index is 11.6. The number of pyridine rings is 1. The standard InChI is InChI=1S/C24H34N6O3Si/c1-34(2,3)11-10-33-17-30-15-20(18-12-25-16-26-13-18)22-21(7-8-27-23(22)30)28-19-6-4-5-9-29(14-19)24(31)32/h7-8,12-13,15-16,19H,4-6,9-11,14,17H2,1-3H3,(H,27,28)(H,31,32). The fraction of sp³-hybridized carbons (Fsp3) is 0.500. The minimum Gasteiger partial charge on any atom is -0.465 e.